The zero-order valence-corrected chi connectivity index (χ0v) is 10.8. The van der Waals surface area contributed by atoms with Crippen LogP contribution < -0.4 is 10.6 Å². The van der Waals surface area contributed by atoms with Gasteiger partial charge in [0.05, 0.1) is 0 Å². The van der Waals surface area contributed by atoms with Crippen molar-refractivity contribution in [2.45, 2.75) is 38.6 Å². The van der Waals surface area contributed by atoms with Crippen LogP contribution in [-0.4, -0.2) is 49.4 Å². The largest absolute Gasteiger partial charge is 0.345 e. The molecule has 1 heterocycles. The summed E-state index contributed by atoms with van der Waals surface area (Å²) in [7, 11) is 1.80. The van der Waals surface area contributed by atoms with Crippen LogP contribution in [-0.2, 0) is 9.59 Å². The molecule has 1 rings (SSSR count). The first-order valence-electron chi connectivity index (χ1n) is 6.38. The van der Waals surface area contributed by atoms with Gasteiger partial charge in [-0.25, -0.2) is 0 Å². The zero-order valence-electron chi connectivity index (χ0n) is 10.8. The molecule has 98 valence electrons. The highest BCUT2D eigenvalue weighted by molar-refractivity contribution is 5.87. The summed E-state index contributed by atoms with van der Waals surface area (Å²) in [5, 5.41) is 5.65. The molecule has 2 amide bonds. The first-order valence-corrected chi connectivity index (χ1v) is 6.38. The van der Waals surface area contributed by atoms with Crippen LogP contribution in [0.5, 0.6) is 0 Å². The van der Waals surface area contributed by atoms with E-state index in [2.05, 4.69) is 10.6 Å². The molecule has 1 atom stereocenters. The summed E-state index contributed by atoms with van der Waals surface area (Å²) in [5.74, 6) is -0.0280. The first kappa shape index (κ1) is 14.0. The second-order valence-electron chi connectivity index (χ2n) is 4.53. The van der Waals surface area contributed by atoms with E-state index in [-0.39, 0.29) is 11.8 Å². The third-order valence-electron chi connectivity index (χ3n) is 3.02. The van der Waals surface area contributed by atoms with E-state index in [4.69, 9.17) is 0 Å². The van der Waals surface area contributed by atoms with Crippen LogP contribution >= 0.6 is 0 Å². The third kappa shape index (κ3) is 4.73. The van der Waals surface area contributed by atoms with Crippen molar-refractivity contribution < 1.29 is 9.59 Å². The SMILES string of the molecule is CNCCC(=O)NC(C)C(=O)N1CCCCC1. The van der Waals surface area contributed by atoms with Crippen molar-refractivity contribution in [1.29, 1.82) is 0 Å². The fraction of sp³-hybridized carbons (Fsp3) is 0.833. The zero-order chi connectivity index (χ0) is 12.7. The lowest BCUT2D eigenvalue weighted by atomic mass is 10.1. The Hall–Kier alpha value is -1.10. The summed E-state index contributed by atoms with van der Waals surface area (Å²) in [4.78, 5) is 25.3. The predicted molar refractivity (Wildman–Crippen MR) is 66.6 cm³/mol. The fourth-order valence-electron chi connectivity index (χ4n) is 2.00. The third-order valence-corrected chi connectivity index (χ3v) is 3.02. The van der Waals surface area contributed by atoms with Crippen molar-refractivity contribution in [2.75, 3.05) is 26.7 Å². The van der Waals surface area contributed by atoms with Crippen LogP contribution in [0.1, 0.15) is 32.6 Å². The number of nitrogens with one attached hydrogen (secondary N) is 2. The molecule has 0 aliphatic carbocycles. The van der Waals surface area contributed by atoms with Gasteiger partial charge < -0.3 is 15.5 Å². The second kappa shape index (κ2) is 7.27. The molecule has 2 N–H and O–H groups in total. The van der Waals surface area contributed by atoms with E-state index in [1.807, 2.05) is 4.90 Å². The highest BCUT2D eigenvalue weighted by Gasteiger charge is 2.22. The summed E-state index contributed by atoms with van der Waals surface area (Å²) >= 11 is 0. The van der Waals surface area contributed by atoms with Gasteiger partial charge in [-0.2, -0.15) is 0 Å². The van der Waals surface area contributed by atoms with Gasteiger partial charge in [-0.1, -0.05) is 0 Å². The van der Waals surface area contributed by atoms with Crippen molar-refractivity contribution in [2.24, 2.45) is 0 Å². The van der Waals surface area contributed by atoms with Gasteiger partial charge in [0.1, 0.15) is 6.04 Å². The van der Waals surface area contributed by atoms with Crippen molar-refractivity contribution in [1.82, 2.24) is 15.5 Å². The number of hydrogen-bond acceptors (Lipinski definition) is 3. The molecule has 5 nitrogen and oxygen atoms in total. The van der Waals surface area contributed by atoms with Crippen molar-refractivity contribution in [3.8, 4) is 0 Å². The molecule has 0 bridgehead atoms. The van der Waals surface area contributed by atoms with Gasteiger partial charge in [0.25, 0.3) is 0 Å². The Balaban J connectivity index is 2.32. The molecule has 0 aromatic carbocycles. The van der Waals surface area contributed by atoms with Crippen LogP contribution in [0, 0.1) is 0 Å². The van der Waals surface area contributed by atoms with Crippen LogP contribution in [0.25, 0.3) is 0 Å². The molecule has 1 aliphatic rings. The molecule has 1 saturated heterocycles. The Morgan fingerprint density at radius 2 is 1.88 bits per heavy atom. The quantitative estimate of drug-likeness (QED) is 0.718. The van der Waals surface area contributed by atoms with Gasteiger partial charge in [-0.3, -0.25) is 9.59 Å². The van der Waals surface area contributed by atoms with Gasteiger partial charge in [0.2, 0.25) is 11.8 Å². The Kier molecular flexibility index (Phi) is 5.97. The van der Waals surface area contributed by atoms with Crippen LogP contribution in [0.15, 0.2) is 0 Å². The maximum Gasteiger partial charge on any atom is 0.244 e. The number of amides is 2. The average molecular weight is 241 g/mol. The molecule has 0 radical (unpaired) electrons. The maximum absolute atomic E-state index is 12.0. The van der Waals surface area contributed by atoms with E-state index in [1.165, 1.54) is 6.42 Å². The molecule has 1 aliphatic heterocycles. The van der Waals surface area contributed by atoms with Gasteiger partial charge >= 0.3 is 0 Å². The van der Waals surface area contributed by atoms with Gasteiger partial charge in [0.15, 0.2) is 0 Å². The normalized spacial score (nSPS) is 17.6. The van der Waals surface area contributed by atoms with E-state index in [0.717, 1.165) is 25.9 Å². The fourth-order valence-corrected chi connectivity index (χ4v) is 2.00. The van der Waals surface area contributed by atoms with E-state index in [0.29, 0.717) is 13.0 Å². The number of rotatable bonds is 5. The minimum Gasteiger partial charge on any atom is -0.345 e. The second-order valence-corrected chi connectivity index (χ2v) is 4.53. The summed E-state index contributed by atoms with van der Waals surface area (Å²) in [6, 6.07) is -0.405. The lowest BCUT2D eigenvalue weighted by Crippen LogP contribution is -2.48. The summed E-state index contributed by atoms with van der Waals surface area (Å²) < 4.78 is 0. The molecular formula is C12H23N3O2. The topological polar surface area (TPSA) is 61.4 Å². The number of likely N-dealkylation sites (tertiary alicyclic amines) is 1. The Labute approximate surface area is 103 Å². The average Bonchev–Trinajstić information content (AvgIpc) is 2.36. The van der Waals surface area contributed by atoms with Crippen molar-refractivity contribution in [3.63, 3.8) is 0 Å². The molecule has 0 aromatic rings. The van der Waals surface area contributed by atoms with E-state index < -0.39 is 6.04 Å². The Morgan fingerprint density at radius 3 is 2.47 bits per heavy atom. The van der Waals surface area contributed by atoms with Crippen LogP contribution in [0.3, 0.4) is 0 Å². The lowest BCUT2D eigenvalue weighted by Gasteiger charge is -2.29. The molecule has 17 heavy (non-hydrogen) atoms. The number of nitrogens with zero attached hydrogens (tertiary/aromatic N) is 1. The van der Waals surface area contributed by atoms with Crippen LogP contribution in [0.4, 0.5) is 0 Å². The predicted octanol–water partition coefficient (Wildman–Crippen LogP) is 0.113. The molecule has 5 heteroatoms. The molecule has 0 saturated carbocycles. The maximum atomic E-state index is 12.0. The van der Waals surface area contributed by atoms with Gasteiger partial charge in [-0.15, -0.1) is 0 Å². The van der Waals surface area contributed by atoms with Crippen molar-refractivity contribution >= 4 is 11.8 Å². The highest BCUT2D eigenvalue weighted by atomic mass is 16.2. The summed E-state index contributed by atoms with van der Waals surface area (Å²) in [6.07, 6.45) is 3.76. The van der Waals surface area contributed by atoms with Crippen LogP contribution in [0.2, 0.25) is 0 Å². The molecular weight excluding hydrogens is 218 g/mol. The monoisotopic (exact) mass is 241 g/mol. The standard InChI is InChI=1S/C12H23N3O2/c1-10(14-11(16)6-7-13-2)12(17)15-8-4-3-5-9-15/h10,13H,3-9H2,1-2H3,(H,14,16). The molecule has 1 fully saturated rings. The number of hydrogen-bond donors (Lipinski definition) is 2. The molecule has 1 unspecified atom stereocenters. The number of carbonyl (C=O) groups excluding carboxylic acids is 2. The van der Waals surface area contributed by atoms with Crippen molar-refractivity contribution in [3.05, 3.63) is 0 Å². The van der Waals surface area contributed by atoms with E-state index in [1.54, 1.807) is 14.0 Å². The Morgan fingerprint density at radius 1 is 1.24 bits per heavy atom. The van der Waals surface area contributed by atoms with E-state index in [9.17, 15) is 9.59 Å². The number of piperidine rings is 1. The molecule has 0 aromatic heterocycles. The Bertz CT molecular complexity index is 262. The smallest absolute Gasteiger partial charge is 0.244 e. The number of carbonyl (C=O) groups is 2. The first-order chi connectivity index (χ1) is 8.15. The highest BCUT2D eigenvalue weighted by Crippen LogP contribution is 2.09. The summed E-state index contributed by atoms with van der Waals surface area (Å²) in [6.45, 7) is 4.05. The minimum atomic E-state index is -0.405. The lowest BCUT2D eigenvalue weighted by molar-refractivity contribution is -0.136. The summed E-state index contributed by atoms with van der Waals surface area (Å²) in [5.41, 5.74) is 0. The molecule has 0 spiro atoms. The van der Waals surface area contributed by atoms with Gasteiger partial charge in [0, 0.05) is 26.1 Å². The van der Waals surface area contributed by atoms with E-state index >= 15 is 0 Å². The van der Waals surface area contributed by atoms with Gasteiger partial charge in [-0.05, 0) is 33.2 Å². The minimum absolute atomic E-state index is 0.0440.